The molecule has 2 aromatic rings. The van der Waals surface area contributed by atoms with Gasteiger partial charge in [-0.1, -0.05) is 19.1 Å². The zero-order valence-electron chi connectivity index (χ0n) is 13.2. The lowest BCUT2D eigenvalue weighted by atomic mass is 10.0. The van der Waals surface area contributed by atoms with Gasteiger partial charge in [0.2, 0.25) is 0 Å². The Kier molecular flexibility index (Phi) is 5.35. The Labute approximate surface area is 132 Å². The third-order valence-electron chi connectivity index (χ3n) is 3.73. The number of aryl methyl sites for hydroxylation is 1. The van der Waals surface area contributed by atoms with Gasteiger partial charge in [-0.3, -0.25) is 0 Å². The van der Waals surface area contributed by atoms with Gasteiger partial charge < -0.3 is 9.47 Å². The molecular weight excluding hydrogens is 284 g/mol. The molecule has 0 aliphatic heterocycles. The van der Waals surface area contributed by atoms with Crippen molar-refractivity contribution in [1.82, 2.24) is 0 Å². The number of fused-ring (bicyclic) bond motifs is 1. The fourth-order valence-electron chi connectivity index (χ4n) is 2.45. The average Bonchev–Trinajstić information content (AvgIpc) is 2.49. The van der Waals surface area contributed by atoms with Gasteiger partial charge in [0.25, 0.3) is 0 Å². The summed E-state index contributed by atoms with van der Waals surface area (Å²) >= 11 is 6.22. The summed E-state index contributed by atoms with van der Waals surface area (Å²) in [5.74, 6) is 1.80. The minimum absolute atomic E-state index is 0.00193. The van der Waals surface area contributed by atoms with Crippen molar-refractivity contribution in [1.29, 1.82) is 0 Å². The van der Waals surface area contributed by atoms with Crippen LogP contribution >= 0.6 is 11.6 Å². The highest BCUT2D eigenvalue weighted by Gasteiger charge is 2.14. The van der Waals surface area contributed by atoms with Crippen LogP contribution < -0.4 is 9.47 Å². The summed E-state index contributed by atoms with van der Waals surface area (Å²) in [7, 11) is 0. The number of benzene rings is 2. The van der Waals surface area contributed by atoms with E-state index in [1.165, 1.54) is 5.39 Å². The predicted molar refractivity (Wildman–Crippen MR) is 89.9 cm³/mol. The standard InChI is InChI=1S/C18H23ClO2/c1-5-17(19)13(4)21-15-8-9-16-12(3)18(20-6-2)10-7-14(16)11-15/h7-11,13,17H,5-6H2,1-4H3. The summed E-state index contributed by atoms with van der Waals surface area (Å²) in [5, 5.41) is 2.38. The fraction of sp³-hybridized carbons (Fsp3) is 0.444. The van der Waals surface area contributed by atoms with Crippen molar-refractivity contribution >= 4 is 22.4 Å². The van der Waals surface area contributed by atoms with Crippen LogP contribution in [0.4, 0.5) is 0 Å². The Balaban J connectivity index is 2.28. The second kappa shape index (κ2) is 7.04. The van der Waals surface area contributed by atoms with Crippen molar-refractivity contribution in [2.24, 2.45) is 0 Å². The first-order valence-electron chi connectivity index (χ1n) is 7.53. The van der Waals surface area contributed by atoms with Crippen molar-refractivity contribution in [2.75, 3.05) is 6.61 Å². The molecule has 21 heavy (non-hydrogen) atoms. The molecule has 2 atom stereocenters. The summed E-state index contributed by atoms with van der Waals surface area (Å²) < 4.78 is 11.6. The van der Waals surface area contributed by atoms with E-state index >= 15 is 0 Å². The molecule has 0 aliphatic carbocycles. The molecule has 0 bridgehead atoms. The molecule has 2 nitrogen and oxygen atoms in total. The van der Waals surface area contributed by atoms with E-state index < -0.39 is 0 Å². The molecule has 0 fully saturated rings. The van der Waals surface area contributed by atoms with Gasteiger partial charge in [-0.15, -0.1) is 11.6 Å². The summed E-state index contributed by atoms with van der Waals surface area (Å²) in [6.45, 7) is 8.84. The molecule has 0 aromatic heterocycles. The van der Waals surface area contributed by atoms with E-state index in [4.69, 9.17) is 21.1 Å². The number of ether oxygens (including phenoxy) is 2. The van der Waals surface area contributed by atoms with E-state index in [0.29, 0.717) is 6.61 Å². The maximum atomic E-state index is 6.22. The molecular formula is C18H23ClO2. The van der Waals surface area contributed by atoms with Crippen LogP contribution in [-0.2, 0) is 0 Å². The molecule has 0 N–H and O–H groups in total. The quantitative estimate of drug-likeness (QED) is 0.671. The Morgan fingerprint density at radius 1 is 1.14 bits per heavy atom. The van der Waals surface area contributed by atoms with Crippen LogP contribution in [0.15, 0.2) is 30.3 Å². The van der Waals surface area contributed by atoms with Crippen LogP contribution in [0.1, 0.15) is 32.8 Å². The largest absolute Gasteiger partial charge is 0.494 e. The molecule has 2 rings (SSSR count). The second-order valence-corrected chi connectivity index (χ2v) is 5.81. The minimum Gasteiger partial charge on any atom is -0.494 e. The van der Waals surface area contributed by atoms with Crippen LogP contribution in [0.5, 0.6) is 11.5 Å². The molecule has 0 aliphatic rings. The predicted octanol–water partition coefficient (Wildman–Crippen LogP) is 5.33. The highest BCUT2D eigenvalue weighted by molar-refractivity contribution is 6.21. The zero-order chi connectivity index (χ0) is 15.4. The van der Waals surface area contributed by atoms with E-state index in [0.717, 1.165) is 28.9 Å². The summed E-state index contributed by atoms with van der Waals surface area (Å²) in [6, 6.07) is 10.2. The second-order valence-electron chi connectivity index (χ2n) is 5.25. The molecule has 3 heteroatoms. The molecule has 0 radical (unpaired) electrons. The van der Waals surface area contributed by atoms with E-state index in [1.54, 1.807) is 0 Å². The molecule has 2 aromatic carbocycles. The lowest BCUT2D eigenvalue weighted by molar-refractivity contribution is 0.214. The van der Waals surface area contributed by atoms with Crippen LogP contribution in [0.25, 0.3) is 10.8 Å². The van der Waals surface area contributed by atoms with Gasteiger partial charge in [-0.2, -0.15) is 0 Å². The molecule has 0 saturated heterocycles. The molecule has 0 amide bonds. The van der Waals surface area contributed by atoms with Crippen LogP contribution in [0.3, 0.4) is 0 Å². The van der Waals surface area contributed by atoms with Crippen molar-refractivity contribution in [2.45, 2.75) is 45.6 Å². The van der Waals surface area contributed by atoms with Crippen LogP contribution in [-0.4, -0.2) is 18.1 Å². The number of alkyl halides is 1. The lowest BCUT2D eigenvalue weighted by Gasteiger charge is -2.19. The van der Waals surface area contributed by atoms with Gasteiger partial charge in [-0.05, 0) is 61.7 Å². The summed E-state index contributed by atoms with van der Waals surface area (Å²) in [5.41, 5.74) is 1.16. The van der Waals surface area contributed by atoms with Crippen molar-refractivity contribution in [3.05, 3.63) is 35.9 Å². The number of rotatable bonds is 6. The van der Waals surface area contributed by atoms with E-state index in [9.17, 15) is 0 Å². The Morgan fingerprint density at radius 3 is 2.57 bits per heavy atom. The fourth-order valence-corrected chi connectivity index (χ4v) is 2.50. The highest BCUT2D eigenvalue weighted by Crippen LogP contribution is 2.30. The first-order chi connectivity index (χ1) is 10.1. The maximum absolute atomic E-state index is 6.22. The first-order valence-corrected chi connectivity index (χ1v) is 7.97. The van der Waals surface area contributed by atoms with Gasteiger partial charge in [0.05, 0.1) is 12.0 Å². The Bertz CT molecular complexity index is 609. The van der Waals surface area contributed by atoms with Gasteiger partial charge in [-0.25, -0.2) is 0 Å². The topological polar surface area (TPSA) is 18.5 Å². The normalized spacial score (nSPS) is 14.0. The van der Waals surface area contributed by atoms with E-state index in [1.807, 2.05) is 26.0 Å². The third kappa shape index (κ3) is 3.62. The molecule has 0 saturated carbocycles. The smallest absolute Gasteiger partial charge is 0.122 e. The molecule has 114 valence electrons. The SMILES string of the molecule is CCOc1ccc2cc(OC(C)C(Cl)CC)ccc2c1C. The minimum atomic E-state index is -0.00193. The maximum Gasteiger partial charge on any atom is 0.122 e. The lowest BCUT2D eigenvalue weighted by Crippen LogP contribution is -2.23. The zero-order valence-corrected chi connectivity index (χ0v) is 13.9. The van der Waals surface area contributed by atoms with Gasteiger partial charge in [0.15, 0.2) is 0 Å². The van der Waals surface area contributed by atoms with Gasteiger partial charge in [0.1, 0.15) is 17.6 Å². The summed E-state index contributed by atoms with van der Waals surface area (Å²) in [4.78, 5) is 0. The van der Waals surface area contributed by atoms with E-state index in [2.05, 4.69) is 32.0 Å². The Morgan fingerprint density at radius 2 is 1.90 bits per heavy atom. The highest BCUT2D eigenvalue weighted by atomic mass is 35.5. The Hall–Kier alpha value is -1.41. The number of halogens is 1. The van der Waals surface area contributed by atoms with Crippen molar-refractivity contribution in [3.63, 3.8) is 0 Å². The van der Waals surface area contributed by atoms with E-state index in [-0.39, 0.29) is 11.5 Å². The van der Waals surface area contributed by atoms with Crippen molar-refractivity contribution < 1.29 is 9.47 Å². The summed E-state index contributed by atoms with van der Waals surface area (Å²) in [6.07, 6.45) is 0.894. The molecule has 0 spiro atoms. The van der Waals surface area contributed by atoms with Gasteiger partial charge in [0, 0.05) is 0 Å². The number of hydrogen-bond acceptors (Lipinski definition) is 2. The monoisotopic (exact) mass is 306 g/mol. The van der Waals surface area contributed by atoms with Crippen molar-refractivity contribution in [3.8, 4) is 11.5 Å². The first kappa shape index (κ1) is 16.0. The number of hydrogen-bond donors (Lipinski definition) is 0. The molecule has 2 unspecified atom stereocenters. The molecule has 0 heterocycles. The third-order valence-corrected chi connectivity index (χ3v) is 4.40. The van der Waals surface area contributed by atoms with Crippen LogP contribution in [0.2, 0.25) is 0 Å². The van der Waals surface area contributed by atoms with Gasteiger partial charge >= 0.3 is 0 Å². The average molecular weight is 307 g/mol. The van der Waals surface area contributed by atoms with Crippen LogP contribution in [0, 0.1) is 6.92 Å².